The topological polar surface area (TPSA) is 180 Å². The van der Waals surface area contributed by atoms with E-state index in [0.717, 1.165) is 19.3 Å². The van der Waals surface area contributed by atoms with Crippen LogP contribution in [0.15, 0.2) is 12.7 Å². The van der Waals surface area contributed by atoms with E-state index in [1.807, 2.05) is 41.5 Å². The Morgan fingerprint density at radius 1 is 1.11 bits per heavy atom. The number of nitrogens with zero attached hydrogens (tertiary/aromatic N) is 2. The van der Waals surface area contributed by atoms with Crippen LogP contribution < -0.4 is 21.7 Å². The van der Waals surface area contributed by atoms with Crippen LogP contribution in [0, 0.1) is 29.1 Å². The van der Waals surface area contributed by atoms with Crippen LogP contribution in [0.2, 0.25) is 0 Å². The number of likely N-dealkylation sites (tertiary alicyclic amines) is 1. The first kappa shape index (κ1) is 34.8. The quantitative estimate of drug-likeness (QED) is 0.179. The van der Waals surface area contributed by atoms with Crippen LogP contribution in [-0.2, 0) is 23.9 Å². The lowest BCUT2D eigenvalue weighted by Gasteiger charge is -2.37. The summed E-state index contributed by atoms with van der Waals surface area (Å²) in [6.45, 7) is 16.2. The van der Waals surface area contributed by atoms with E-state index in [1.54, 1.807) is 6.08 Å². The van der Waals surface area contributed by atoms with Gasteiger partial charge in [-0.25, -0.2) is 9.59 Å². The van der Waals surface area contributed by atoms with Gasteiger partial charge in [0.05, 0.1) is 18.6 Å². The molecule has 3 aliphatic rings. The van der Waals surface area contributed by atoms with E-state index in [1.165, 1.54) is 9.80 Å². The van der Waals surface area contributed by atoms with Gasteiger partial charge in [0.1, 0.15) is 18.7 Å². The third kappa shape index (κ3) is 8.29. The van der Waals surface area contributed by atoms with Gasteiger partial charge in [-0.1, -0.05) is 66.9 Å². The maximum absolute atomic E-state index is 14.2. The van der Waals surface area contributed by atoms with Crippen molar-refractivity contribution >= 4 is 35.6 Å². The van der Waals surface area contributed by atoms with Crippen molar-refractivity contribution in [2.45, 2.75) is 91.4 Å². The number of nitrogens with one attached hydrogen (secondary N) is 3. The number of amides is 6. The minimum Gasteiger partial charge on any atom is -0.448 e. The van der Waals surface area contributed by atoms with Crippen molar-refractivity contribution in [1.29, 1.82) is 0 Å². The Hall–Kier alpha value is -3.64. The van der Waals surface area contributed by atoms with E-state index in [-0.39, 0.29) is 36.8 Å². The number of hydrogen-bond acceptors (Lipinski definition) is 7. The molecule has 6 atom stereocenters. The van der Waals surface area contributed by atoms with Gasteiger partial charge in [-0.15, -0.1) is 6.58 Å². The molecule has 0 spiro atoms. The fourth-order valence-corrected chi connectivity index (χ4v) is 6.05. The number of nitrogens with two attached hydrogens (primary N) is 1. The highest BCUT2D eigenvalue weighted by molar-refractivity contribution is 6.37. The fraction of sp³-hybridized carbons (Fsp3) is 0.742. The van der Waals surface area contributed by atoms with E-state index in [9.17, 15) is 28.8 Å². The van der Waals surface area contributed by atoms with Gasteiger partial charge < -0.3 is 36.2 Å². The molecule has 3 fully saturated rings. The first-order valence-electron chi connectivity index (χ1n) is 15.6. The number of urea groups is 1. The smallest absolute Gasteiger partial charge is 0.410 e. The highest BCUT2D eigenvalue weighted by Gasteiger charge is 2.49. The molecule has 13 nitrogen and oxygen atoms in total. The first-order chi connectivity index (χ1) is 20.5. The summed E-state index contributed by atoms with van der Waals surface area (Å²) in [5, 5.41) is 8.47. The molecule has 0 radical (unpaired) electrons. The summed E-state index contributed by atoms with van der Waals surface area (Å²) in [7, 11) is 0. The van der Waals surface area contributed by atoms with E-state index < -0.39 is 65.2 Å². The van der Waals surface area contributed by atoms with Gasteiger partial charge >= 0.3 is 12.1 Å². The van der Waals surface area contributed by atoms with Gasteiger partial charge in [-0.3, -0.25) is 19.2 Å². The lowest BCUT2D eigenvalue weighted by molar-refractivity contribution is -0.144. The second-order valence-corrected chi connectivity index (χ2v) is 13.8. The summed E-state index contributed by atoms with van der Waals surface area (Å²) in [4.78, 5) is 80.7. The Morgan fingerprint density at radius 3 is 2.25 bits per heavy atom. The van der Waals surface area contributed by atoms with Gasteiger partial charge in [0.25, 0.3) is 5.91 Å². The Kier molecular flexibility index (Phi) is 11.4. The number of cyclic esters (lactones) is 1. The third-order valence-corrected chi connectivity index (χ3v) is 9.21. The zero-order valence-electron chi connectivity index (χ0n) is 26.9. The van der Waals surface area contributed by atoms with Crippen LogP contribution in [0.5, 0.6) is 0 Å². The standard InChI is InChI=1S/C31H50N6O7/c1-8-20-15-37(23(18(20)4)27(40)33-21(24(38)26(32)39)14-19-10-9-11-19)28(41)25(31(5,6)7)35-29(42)34-22(17(2)3)16-36-12-13-44-30(36)43/h8,17-23,25H,1,9-16H2,2-7H3,(H2,32,39)(H,33,40)(H2,34,35,42)/t18-,20-,21?,22+,23-,25+/m0/s1. The summed E-state index contributed by atoms with van der Waals surface area (Å²) in [6, 6.07) is -4.03. The lowest BCUT2D eigenvalue weighted by atomic mass is 9.80. The Morgan fingerprint density at radius 2 is 1.77 bits per heavy atom. The minimum atomic E-state index is -1.12. The van der Waals surface area contributed by atoms with Crippen LogP contribution in [-0.4, -0.2) is 95.8 Å². The molecular weight excluding hydrogens is 568 g/mol. The first-order valence-corrected chi connectivity index (χ1v) is 15.6. The number of ether oxygens (including phenoxy) is 1. The van der Waals surface area contributed by atoms with Crippen molar-refractivity contribution in [3.8, 4) is 0 Å². The van der Waals surface area contributed by atoms with E-state index >= 15 is 0 Å². The Balaban J connectivity index is 1.80. The predicted octanol–water partition coefficient (Wildman–Crippen LogP) is 1.56. The summed E-state index contributed by atoms with van der Waals surface area (Å²) < 4.78 is 5.01. The number of rotatable bonds is 13. The van der Waals surface area contributed by atoms with E-state index in [4.69, 9.17) is 10.5 Å². The molecule has 44 heavy (non-hydrogen) atoms. The van der Waals surface area contributed by atoms with Crippen molar-refractivity contribution in [1.82, 2.24) is 25.8 Å². The normalized spacial score (nSPS) is 24.2. The fourth-order valence-electron chi connectivity index (χ4n) is 6.05. The largest absolute Gasteiger partial charge is 0.448 e. The van der Waals surface area contributed by atoms with Gasteiger partial charge in [0.15, 0.2) is 0 Å². The number of carbonyl (C=O) groups excluding carboxylic acids is 6. The van der Waals surface area contributed by atoms with E-state index in [2.05, 4.69) is 22.5 Å². The average molecular weight is 619 g/mol. The van der Waals surface area contributed by atoms with Crippen molar-refractivity contribution < 1.29 is 33.5 Å². The summed E-state index contributed by atoms with van der Waals surface area (Å²) in [5.41, 5.74) is 4.55. The SMILES string of the molecule is C=C[C@H]1CN(C(=O)[C@@H](NC(=O)N[C@H](CN2CCOC2=O)C(C)C)C(C)(C)C)[C@H](C(=O)NC(CC2CCC2)C(=O)C(N)=O)[C@H]1C. The second-order valence-electron chi connectivity index (χ2n) is 13.8. The molecule has 1 unspecified atom stereocenters. The zero-order valence-corrected chi connectivity index (χ0v) is 26.9. The van der Waals surface area contributed by atoms with Crippen molar-refractivity contribution in [3.05, 3.63) is 12.7 Å². The number of Topliss-reactive ketones (excluding diaryl/α,β-unsaturated/α-hetero) is 1. The molecule has 0 aromatic carbocycles. The van der Waals surface area contributed by atoms with Crippen molar-refractivity contribution in [2.75, 3.05) is 26.2 Å². The van der Waals surface area contributed by atoms with Gasteiger partial charge in [0, 0.05) is 13.1 Å². The Bertz CT molecular complexity index is 1130. The predicted molar refractivity (Wildman–Crippen MR) is 163 cm³/mol. The van der Waals surface area contributed by atoms with Crippen LogP contribution >= 0.6 is 0 Å². The van der Waals surface area contributed by atoms with Crippen molar-refractivity contribution in [3.63, 3.8) is 0 Å². The maximum Gasteiger partial charge on any atom is 0.410 e. The average Bonchev–Trinajstić information content (AvgIpc) is 3.48. The number of hydrogen-bond donors (Lipinski definition) is 4. The number of carbonyl (C=O) groups is 6. The molecule has 1 aliphatic carbocycles. The second kappa shape index (κ2) is 14.4. The van der Waals surface area contributed by atoms with Gasteiger partial charge in [-0.2, -0.15) is 0 Å². The molecule has 5 N–H and O–H groups in total. The highest BCUT2D eigenvalue weighted by atomic mass is 16.6. The van der Waals surface area contributed by atoms with Crippen LogP contribution in [0.1, 0.15) is 67.2 Å². The van der Waals surface area contributed by atoms with Crippen LogP contribution in [0.25, 0.3) is 0 Å². The summed E-state index contributed by atoms with van der Waals surface area (Å²) >= 11 is 0. The van der Waals surface area contributed by atoms with Crippen LogP contribution in [0.3, 0.4) is 0 Å². The molecule has 3 rings (SSSR count). The number of ketones is 1. The summed E-state index contributed by atoms with van der Waals surface area (Å²) in [5.74, 6) is -3.35. The molecule has 1 saturated carbocycles. The monoisotopic (exact) mass is 618 g/mol. The Labute approximate surface area is 260 Å². The van der Waals surface area contributed by atoms with Crippen LogP contribution in [0.4, 0.5) is 9.59 Å². The maximum atomic E-state index is 14.2. The molecule has 2 heterocycles. The molecule has 2 aliphatic heterocycles. The third-order valence-electron chi connectivity index (χ3n) is 9.21. The molecule has 2 saturated heterocycles. The molecule has 6 amide bonds. The molecule has 0 aromatic rings. The number of primary amides is 1. The minimum absolute atomic E-state index is 0.0187. The lowest BCUT2D eigenvalue weighted by Crippen LogP contribution is -2.61. The van der Waals surface area contributed by atoms with Crippen molar-refractivity contribution in [2.24, 2.45) is 34.8 Å². The highest BCUT2D eigenvalue weighted by Crippen LogP contribution is 2.34. The zero-order chi connectivity index (χ0) is 32.9. The molecule has 13 heteroatoms. The summed E-state index contributed by atoms with van der Waals surface area (Å²) in [6.07, 6.45) is 4.41. The molecule has 0 bridgehead atoms. The molecular formula is C31H50N6O7. The van der Waals surface area contributed by atoms with E-state index in [0.29, 0.717) is 19.6 Å². The molecule has 0 aromatic heterocycles. The van der Waals surface area contributed by atoms with Gasteiger partial charge in [0.2, 0.25) is 17.6 Å². The van der Waals surface area contributed by atoms with Gasteiger partial charge in [-0.05, 0) is 35.5 Å². The molecule has 246 valence electrons.